The van der Waals surface area contributed by atoms with Gasteiger partial charge in [0.25, 0.3) is 0 Å². The van der Waals surface area contributed by atoms with Gasteiger partial charge in [0.2, 0.25) is 11.8 Å². The number of benzene rings is 1. The van der Waals surface area contributed by atoms with Crippen molar-refractivity contribution in [2.75, 3.05) is 20.1 Å². The number of amides is 2. The van der Waals surface area contributed by atoms with Crippen LogP contribution < -0.4 is 10.6 Å². The first-order valence-electron chi connectivity index (χ1n) is 8.42. The van der Waals surface area contributed by atoms with E-state index in [9.17, 15) is 9.59 Å². The van der Waals surface area contributed by atoms with Gasteiger partial charge in [0.1, 0.15) is 11.5 Å². The smallest absolute Gasteiger partial charge is 0.239 e. The van der Waals surface area contributed by atoms with E-state index in [0.29, 0.717) is 11.6 Å². The normalized spacial score (nSPS) is 11.0. The quantitative estimate of drug-likeness (QED) is 0.741. The molecule has 1 aromatic heterocycles. The van der Waals surface area contributed by atoms with Gasteiger partial charge in [-0.1, -0.05) is 11.6 Å². The van der Waals surface area contributed by atoms with Crippen molar-refractivity contribution < 1.29 is 14.0 Å². The van der Waals surface area contributed by atoms with Crippen LogP contribution in [0.3, 0.4) is 0 Å². The maximum atomic E-state index is 11.9. The lowest BCUT2D eigenvalue weighted by Gasteiger charge is -2.15. The molecule has 2 N–H and O–H groups in total. The van der Waals surface area contributed by atoms with Crippen LogP contribution in [0.25, 0.3) is 11.3 Å². The third-order valence-electron chi connectivity index (χ3n) is 3.53. The predicted octanol–water partition coefficient (Wildman–Crippen LogP) is 2.67. The molecule has 7 heteroatoms. The van der Waals surface area contributed by atoms with E-state index in [1.54, 1.807) is 0 Å². The third kappa shape index (κ3) is 6.54. The molecule has 26 heavy (non-hydrogen) atoms. The van der Waals surface area contributed by atoms with Gasteiger partial charge in [-0.05, 0) is 57.3 Å². The fourth-order valence-electron chi connectivity index (χ4n) is 2.41. The Labute approximate surface area is 158 Å². The molecular weight excluding hydrogens is 354 g/mol. The van der Waals surface area contributed by atoms with Crippen molar-refractivity contribution in [2.24, 2.45) is 0 Å². The molecule has 0 fully saturated rings. The molecule has 0 spiro atoms. The van der Waals surface area contributed by atoms with Crippen LogP contribution in [-0.2, 0) is 16.1 Å². The number of furan rings is 1. The van der Waals surface area contributed by atoms with E-state index in [2.05, 4.69) is 10.6 Å². The highest BCUT2D eigenvalue weighted by Gasteiger charge is 2.12. The van der Waals surface area contributed by atoms with Crippen molar-refractivity contribution in [1.82, 2.24) is 15.5 Å². The van der Waals surface area contributed by atoms with E-state index >= 15 is 0 Å². The van der Waals surface area contributed by atoms with Crippen molar-refractivity contribution >= 4 is 23.4 Å². The zero-order valence-electron chi connectivity index (χ0n) is 15.2. The van der Waals surface area contributed by atoms with E-state index in [0.717, 1.165) is 17.1 Å². The van der Waals surface area contributed by atoms with Gasteiger partial charge in [-0.15, -0.1) is 0 Å². The molecule has 1 aromatic carbocycles. The Hall–Kier alpha value is -2.31. The fourth-order valence-corrected chi connectivity index (χ4v) is 2.53. The lowest BCUT2D eigenvalue weighted by Crippen LogP contribution is -2.42. The summed E-state index contributed by atoms with van der Waals surface area (Å²) < 4.78 is 5.82. The van der Waals surface area contributed by atoms with Crippen LogP contribution in [0.15, 0.2) is 40.8 Å². The number of nitrogens with zero attached hydrogens (tertiary/aromatic N) is 1. The molecule has 2 amide bonds. The fraction of sp³-hybridized carbons (Fsp3) is 0.368. The van der Waals surface area contributed by atoms with Gasteiger partial charge in [0.05, 0.1) is 19.6 Å². The lowest BCUT2D eigenvalue weighted by molar-refractivity contribution is -0.126. The number of nitrogens with one attached hydrogen (secondary N) is 2. The maximum absolute atomic E-state index is 11.9. The number of hydrogen-bond acceptors (Lipinski definition) is 4. The van der Waals surface area contributed by atoms with Crippen LogP contribution in [0, 0.1) is 0 Å². The van der Waals surface area contributed by atoms with Gasteiger partial charge in [-0.2, -0.15) is 0 Å². The van der Waals surface area contributed by atoms with Gasteiger partial charge in [-0.25, -0.2) is 0 Å². The zero-order valence-corrected chi connectivity index (χ0v) is 16.0. The Bertz CT molecular complexity index is 741. The molecule has 0 saturated carbocycles. The Morgan fingerprint density at radius 2 is 1.81 bits per heavy atom. The summed E-state index contributed by atoms with van der Waals surface area (Å²) in [6, 6.07) is 11.2. The van der Waals surface area contributed by atoms with Gasteiger partial charge in [-0.3, -0.25) is 14.5 Å². The minimum atomic E-state index is -0.212. The largest absolute Gasteiger partial charge is 0.460 e. The highest BCUT2D eigenvalue weighted by Crippen LogP contribution is 2.24. The Morgan fingerprint density at radius 1 is 1.12 bits per heavy atom. The first kappa shape index (κ1) is 20.0. The van der Waals surface area contributed by atoms with E-state index in [1.165, 1.54) is 0 Å². The molecule has 0 saturated heterocycles. The molecule has 2 rings (SSSR count). The number of hydrogen-bond donors (Lipinski definition) is 2. The summed E-state index contributed by atoms with van der Waals surface area (Å²) in [6.45, 7) is 4.38. The molecule has 6 nitrogen and oxygen atoms in total. The second-order valence-electron chi connectivity index (χ2n) is 6.44. The summed E-state index contributed by atoms with van der Waals surface area (Å²) in [6.07, 6.45) is 0. The summed E-state index contributed by atoms with van der Waals surface area (Å²) in [5, 5.41) is 6.00. The van der Waals surface area contributed by atoms with E-state index in [-0.39, 0.29) is 30.9 Å². The Balaban J connectivity index is 1.80. The van der Waals surface area contributed by atoms with E-state index in [4.69, 9.17) is 16.0 Å². The minimum Gasteiger partial charge on any atom is -0.460 e. The molecular formula is C19H24ClN3O3. The van der Waals surface area contributed by atoms with Gasteiger partial charge in [0.15, 0.2) is 0 Å². The molecule has 0 aliphatic rings. The van der Waals surface area contributed by atoms with Crippen LogP contribution in [0.1, 0.15) is 19.6 Å². The third-order valence-corrected chi connectivity index (χ3v) is 3.78. The van der Waals surface area contributed by atoms with Crippen molar-refractivity contribution in [3.05, 3.63) is 47.2 Å². The van der Waals surface area contributed by atoms with Crippen LogP contribution in [0.5, 0.6) is 0 Å². The van der Waals surface area contributed by atoms with Crippen LogP contribution in [-0.4, -0.2) is 42.9 Å². The average Bonchev–Trinajstić information content (AvgIpc) is 3.01. The second-order valence-corrected chi connectivity index (χ2v) is 6.88. The first-order valence-corrected chi connectivity index (χ1v) is 8.80. The van der Waals surface area contributed by atoms with Gasteiger partial charge in [0, 0.05) is 16.6 Å². The SMILES string of the molecule is CC(C)NC(=O)CNC(=O)CN(C)Cc1ccc(-c2ccc(Cl)cc2)o1. The molecule has 0 aliphatic carbocycles. The molecule has 0 unspecified atom stereocenters. The Morgan fingerprint density at radius 3 is 2.46 bits per heavy atom. The lowest BCUT2D eigenvalue weighted by atomic mass is 10.2. The summed E-state index contributed by atoms with van der Waals surface area (Å²) in [5.41, 5.74) is 0.942. The number of halogens is 1. The zero-order chi connectivity index (χ0) is 19.1. The van der Waals surface area contributed by atoms with Crippen molar-refractivity contribution in [3.63, 3.8) is 0 Å². The minimum absolute atomic E-state index is 0.0215. The van der Waals surface area contributed by atoms with Crippen LogP contribution >= 0.6 is 11.6 Å². The summed E-state index contributed by atoms with van der Waals surface area (Å²) >= 11 is 5.89. The number of carbonyl (C=O) groups is 2. The summed E-state index contributed by atoms with van der Waals surface area (Å²) in [5.74, 6) is 1.09. The maximum Gasteiger partial charge on any atom is 0.239 e. The molecule has 140 valence electrons. The standard InChI is InChI=1S/C19H24ClN3O3/c1-13(2)22-18(24)10-21-19(25)12-23(3)11-16-8-9-17(26-16)14-4-6-15(20)7-5-14/h4-9,13H,10-12H2,1-3H3,(H,21,25)(H,22,24). The molecule has 0 aliphatic heterocycles. The summed E-state index contributed by atoms with van der Waals surface area (Å²) in [4.78, 5) is 25.3. The topological polar surface area (TPSA) is 74.6 Å². The van der Waals surface area contributed by atoms with Crippen LogP contribution in [0.4, 0.5) is 0 Å². The van der Waals surface area contributed by atoms with Crippen LogP contribution in [0.2, 0.25) is 5.02 Å². The molecule has 0 bridgehead atoms. The van der Waals surface area contributed by atoms with E-state index < -0.39 is 0 Å². The highest BCUT2D eigenvalue weighted by molar-refractivity contribution is 6.30. The number of rotatable bonds is 8. The Kier molecular flexibility index (Phi) is 7.24. The average molecular weight is 378 g/mol. The molecule has 0 atom stereocenters. The first-order chi connectivity index (χ1) is 12.3. The second kappa shape index (κ2) is 9.40. The number of likely N-dealkylation sites (N-methyl/N-ethyl adjacent to an activating group) is 1. The van der Waals surface area contributed by atoms with Gasteiger partial charge >= 0.3 is 0 Å². The molecule has 1 heterocycles. The highest BCUT2D eigenvalue weighted by atomic mass is 35.5. The van der Waals surface area contributed by atoms with E-state index in [1.807, 2.05) is 62.2 Å². The molecule has 2 aromatic rings. The van der Waals surface area contributed by atoms with Crippen molar-refractivity contribution in [3.8, 4) is 11.3 Å². The van der Waals surface area contributed by atoms with Gasteiger partial charge < -0.3 is 15.1 Å². The monoisotopic (exact) mass is 377 g/mol. The van der Waals surface area contributed by atoms with Crippen molar-refractivity contribution in [2.45, 2.75) is 26.4 Å². The van der Waals surface area contributed by atoms with Crippen molar-refractivity contribution in [1.29, 1.82) is 0 Å². The number of carbonyl (C=O) groups excluding carboxylic acids is 2. The summed E-state index contributed by atoms with van der Waals surface area (Å²) in [7, 11) is 1.82. The predicted molar refractivity (Wildman–Crippen MR) is 102 cm³/mol. The molecule has 0 radical (unpaired) electrons.